The number of nitrogens with zero attached hydrogens (tertiary/aromatic N) is 1. The number of hydrogen-bond acceptors (Lipinski definition) is 4. The van der Waals surface area contributed by atoms with Crippen LogP contribution >= 0.6 is 0 Å². The van der Waals surface area contributed by atoms with Gasteiger partial charge in [0, 0.05) is 14.1 Å². The average Bonchev–Trinajstić information content (AvgIpc) is 2.24. The van der Waals surface area contributed by atoms with E-state index in [-0.39, 0.29) is 12.5 Å². The highest BCUT2D eigenvalue weighted by Crippen LogP contribution is 2.23. The zero-order chi connectivity index (χ0) is 13.8. The predicted molar refractivity (Wildman–Crippen MR) is 75.1 cm³/mol. The molecule has 0 atom stereocenters. The van der Waals surface area contributed by atoms with Gasteiger partial charge < -0.3 is 15.0 Å². The standard InChI is InChI=1S/C14H22N2O2/c1-14(2,3)18-13(17)10-15-11-8-6-7-9-12(11)16(4)5/h6-9,15H,10H2,1-5H3. The van der Waals surface area contributed by atoms with Crippen molar-refractivity contribution < 1.29 is 9.53 Å². The van der Waals surface area contributed by atoms with Crippen molar-refractivity contribution in [3.8, 4) is 0 Å². The Morgan fingerprint density at radius 3 is 2.44 bits per heavy atom. The molecule has 1 aromatic rings. The first-order valence-electron chi connectivity index (χ1n) is 6.01. The van der Waals surface area contributed by atoms with Crippen LogP contribution in [0.25, 0.3) is 0 Å². The van der Waals surface area contributed by atoms with E-state index in [0.29, 0.717) is 0 Å². The third kappa shape index (κ3) is 4.65. The van der Waals surface area contributed by atoms with Crippen LogP contribution in [-0.2, 0) is 9.53 Å². The Hall–Kier alpha value is -1.71. The highest BCUT2D eigenvalue weighted by molar-refractivity contribution is 5.78. The van der Waals surface area contributed by atoms with Gasteiger partial charge in [0.2, 0.25) is 0 Å². The van der Waals surface area contributed by atoms with Crippen LogP contribution in [0.3, 0.4) is 0 Å². The summed E-state index contributed by atoms with van der Waals surface area (Å²) in [4.78, 5) is 13.6. The molecule has 0 aliphatic rings. The minimum atomic E-state index is -0.445. The minimum absolute atomic E-state index is 0.169. The maximum Gasteiger partial charge on any atom is 0.325 e. The van der Waals surface area contributed by atoms with E-state index < -0.39 is 5.60 Å². The number of para-hydroxylation sites is 2. The SMILES string of the molecule is CN(C)c1ccccc1NCC(=O)OC(C)(C)C. The third-order valence-corrected chi connectivity index (χ3v) is 2.23. The van der Waals surface area contributed by atoms with E-state index in [1.165, 1.54) is 0 Å². The fourth-order valence-electron chi connectivity index (χ4n) is 1.56. The highest BCUT2D eigenvalue weighted by atomic mass is 16.6. The van der Waals surface area contributed by atoms with E-state index >= 15 is 0 Å². The molecule has 0 fully saturated rings. The normalized spacial score (nSPS) is 10.9. The smallest absolute Gasteiger partial charge is 0.325 e. The molecule has 0 bridgehead atoms. The topological polar surface area (TPSA) is 41.6 Å². The lowest BCUT2D eigenvalue weighted by atomic mass is 10.2. The average molecular weight is 250 g/mol. The van der Waals surface area contributed by atoms with Gasteiger partial charge in [-0.2, -0.15) is 0 Å². The van der Waals surface area contributed by atoms with Crippen LogP contribution in [0.4, 0.5) is 11.4 Å². The first-order chi connectivity index (χ1) is 8.29. The van der Waals surface area contributed by atoms with Gasteiger partial charge in [-0.25, -0.2) is 0 Å². The summed E-state index contributed by atoms with van der Waals surface area (Å²) < 4.78 is 5.24. The van der Waals surface area contributed by atoms with Gasteiger partial charge in [0.05, 0.1) is 11.4 Å². The summed E-state index contributed by atoms with van der Waals surface area (Å²) in [5, 5.41) is 3.10. The molecule has 0 spiro atoms. The summed E-state index contributed by atoms with van der Waals surface area (Å²) in [6.07, 6.45) is 0. The van der Waals surface area contributed by atoms with Crippen LogP contribution in [0.5, 0.6) is 0 Å². The molecule has 4 heteroatoms. The maximum absolute atomic E-state index is 11.6. The van der Waals surface area contributed by atoms with E-state index in [2.05, 4.69) is 5.32 Å². The molecule has 1 rings (SSSR count). The Kier molecular flexibility index (Phi) is 4.59. The molecule has 0 aliphatic heterocycles. The second-order valence-corrected chi connectivity index (χ2v) is 5.35. The molecule has 0 amide bonds. The Balaban J connectivity index is 2.61. The summed E-state index contributed by atoms with van der Waals surface area (Å²) in [6.45, 7) is 5.75. The Morgan fingerprint density at radius 2 is 1.89 bits per heavy atom. The summed E-state index contributed by atoms with van der Waals surface area (Å²) >= 11 is 0. The number of rotatable bonds is 4. The summed E-state index contributed by atoms with van der Waals surface area (Å²) in [5.74, 6) is -0.254. The molecule has 0 radical (unpaired) electrons. The highest BCUT2D eigenvalue weighted by Gasteiger charge is 2.16. The second-order valence-electron chi connectivity index (χ2n) is 5.35. The molecule has 4 nitrogen and oxygen atoms in total. The number of anilines is 2. The molecule has 0 unspecified atom stereocenters. The van der Waals surface area contributed by atoms with Crippen molar-refractivity contribution >= 4 is 17.3 Å². The van der Waals surface area contributed by atoms with E-state index in [1.54, 1.807) is 0 Å². The van der Waals surface area contributed by atoms with Crippen molar-refractivity contribution in [2.45, 2.75) is 26.4 Å². The van der Waals surface area contributed by atoms with Gasteiger partial charge in [0.15, 0.2) is 0 Å². The van der Waals surface area contributed by atoms with Gasteiger partial charge in [0.1, 0.15) is 12.1 Å². The number of carbonyl (C=O) groups is 1. The minimum Gasteiger partial charge on any atom is -0.459 e. The number of carbonyl (C=O) groups excluding carboxylic acids is 1. The monoisotopic (exact) mass is 250 g/mol. The van der Waals surface area contributed by atoms with Crippen molar-refractivity contribution in [3.05, 3.63) is 24.3 Å². The first kappa shape index (κ1) is 14.4. The molecule has 1 N–H and O–H groups in total. The zero-order valence-electron chi connectivity index (χ0n) is 11.8. The van der Waals surface area contributed by atoms with Crippen molar-refractivity contribution in [1.29, 1.82) is 0 Å². The second kappa shape index (κ2) is 5.76. The van der Waals surface area contributed by atoms with Gasteiger partial charge in [-0.3, -0.25) is 4.79 Å². The molecule has 0 saturated heterocycles. The number of nitrogens with one attached hydrogen (secondary N) is 1. The van der Waals surface area contributed by atoms with Gasteiger partial charge >= 0.3 is 5.97 Å². The molecule has 1 aromatic carbocycles. The van der Waals surface area contributed by atoms with E-state index in [0.717, 1.165) is 11.4 Å². The fraction of sp³-hybridized carbons (Fsp3) is 0.500. The fourth-order valence-corrected chi connectivity index (χ4v) is 1.56. The number of benzene rings is 1. The molecule has 0 aliphatic carbocycles. The summed E-state index contributed by atoms with van der Waals surface area (Å²) in [7, 11) is 3.93. The van der Waals surface area contributed by atoms with E-state index in [9.17, 15) is 4.79 Å². The lowest BCUT2D eigenvalue weighted by molar-refractivity contribution is -0.152. The molecule has 0 saturated carbocycles. The van der Waals surface area contributed by atoms with E-state index in [4.69, 9.17) is 4.74 Å². The quantitative estimate of drug-likeness (QED) is 0.834. The zero-order valence-corrected chi connectivity index (χ0v) is 11.8. The number of esters is 1. The van der Waals surface area contributed by atoms with Crippen LogP contribution in [0.15, 0.2) is 24.3 Å². The van der Waals surface area contributed by atoms with Gasteiger partial charge in [0.25, 0.3) is 0 Å². The Bertz CT molecular complexity index is 409. The molecule has 0 aromatic heterocycles. The Morgan fingerprint density at radius 1 is 1.28 bits per heavy atom. The van der Waals surface area contributed by atoms with Crippen molar-refractivity contribution in [3.63, 3.8) is 0 Å². The third-order valence-electron chi connectivity index (χ3n) is 2.23. The van der Waals surface area contributed by atoms with Gasteiger partial charge in [-0.1, -0.05) is 12.1 Å². The lowest BCUT2D eigenvalue weighted by Gasteiger charge is -2.21. The molecule has 100 valence electrons. The van der Waals surface area contributed by atoms with Crippen molar-refractivity contribution in [1.82, 2.24) is 0 Å². The summed E-state index contributed by atoms with van der Waals surface area (Å²) in [6, 6.07) is 7.84. The van der Waals surface area contributed by atoms with Crippen LogP contribution < -0.4 is 10.2 Å². The first-order valence-corrected chi connectivity index (χ1v) is 6.01. The van der Waals surface area contributed by atoms with Crippen molar-refractivity contribution in [2.75, 3.05) is 30.9 Å². The maximum atomic E-state index is 11.6. The summed E-state index contributed by atoms with van der Waals surface area (Å²) in [5.41, 5.74) is 1.52. The largest absolute Gasteiger partial charge is 0.459 e. The molecule has 18 heavy (non-hydrogen) atoms. The lowest BCUT2D eigenvalue weighted by Crippen LogP contribution is -2.28. The van der Waals surface area contributed by atoms with Gasteiger partial charge in [-0.15, -0.1) is 0 Å². The van der Waals surface area contributed by atoms with E-state index in [1.807, 2.05) is 64.0 Å². The number of hydrogen-bond donors (Lipinski definition) is 1. The van der Waals surface area contributed by atoms with Crippen LogP contribution in [-0.4, -0.2) is 32.2 Å². The molecular formula is C14H22N2O2. The predicted octanol–water partition coefficient (Wildman–Crippen LogP) is 2.51. The van der Waals surface area contributed by atoms with Crippen molar-refractivity contribution in [2.24, 2.45) is 0 Å². The molecular weight excluding hydrogens is 228 g/mol. The van der Waals surface area contributed by atoms with Gasteiger partial charge in [-0.05, 0) is 32.9 Å². The van der Waals surface area contributed by atoms with Crippen LogP contribution in [0.1, 0.15) is 20.8 Å². The van der Waals surface area contributed by atoms with Crippen LogP contribution in [0, 0.1) is 0 Å². The number of ether oxygens (including phenoxy) is 1. The van der Waals surface area contributed by atoms with Crippen LogP contribution in [0.2, 0.25) is 0 Å². The molecule has 0 heterocycles. The Labute approximate surface area is 109 Å².